The largest absolute Gasteiger partial charge is 0.460 e. The van der Waals surface area contributed by atoms with E-state index in [0.29, 0.717) is 6.42 Å². The minimum absolute atomic E-state index is 0.0305. The van der Waals surface area contributed by atoms with E-state index in [1.807, 2.05) is 20.8 Å². The first kappa shape index (κ1) is 16.9. The van der Waals surface area contributed by atoms with Crippen LogP contribution >= 0.6 is 0 Å². The van der Waals surface area contributed by atoms with Crippen LogP contribution in [0.15, 0.2) is 0 Å². The van der Waals surface area contributed by atoms with Gasteiger partial charge in [0.1, 0.15) is 12.3 Å². The third-order valence-corrected chi connectivity index (χ3v) is 5.35. The van der Waals surface area contributed by atoms with Crippen LogP contribution in [0.25, 0.3) is 0 Å². The van der Waals surface area contributed by atoms with Crippen molar-refractivity contribution in [2.75, 3.05) is 0 Å². The van der Waals surface area contributed by atoms with Crippen molar-refractivity contribution in [1.82, 2.24) is 0 Å². The Morgan fingerprint density at radius 1 is 1.00 bits per heavy atom. The van der Waals surface area contributed by atoms with Gasteiger partial charge in [-0.05, 0) is 27.2 Å². The molecule has 120 valence electrons. The molecule has 3 heteroatoms. The Balaban J connectivity index is 1.58. The van der Waals surface area contributed by atoms with Crippen molar-refractivity contribution in [2.24, 2.45) is 0 Å². The van der Waals surface area contributed by atoms with E-state index >= 15 is 0 Å². The van der Waals surface area contributed by atoms with Gasteiger partial charge in [-0.25, -0.2) is 0 Å². The summed E-state index contributed by atoms with van der Waals surface area (Å²) in [5, 5.41) is 0. The van der Waals surface area contributed by atoms with Gasteiger partial charge < -0.3 is 4.74 Å². The molecule has 0 aromatic rings. The average Bonchev–Trinajstić information content (AvgIpc) is 2.35. The fraction of sp³-hybridized carbons (Fsp3) is 0.944. The van der Waals surface area contributed by atoms with Gasteiger partial charge in [0.2, 0.25) is 0 Å². The molecule has 21 heavy (non-hydrogen) atoms. The second-order valence-corrected chi connectivity index (χ2v) is 8.23. The summed E-state index contributed by atoms with van der Waals surface area (Å²) < 4.78 is 5.36. The van der Waals surface area contributed by atoms with Crippen molar-refractivity contribution in [3.8, 4) is 0 Å². The maximum absolute atomic E-state index is 11.7. The van der Waals surface area contributed by atoms with Gasteiger partial charge in [-0.2, -0.15) is 0 Å². The van der Waals surface area contributed by atoms with Crippen LogP contribution in [-0.4, -0.2) is 18.3 Å². The van der Waals surface area contributed by atoms with Crippen LogP contribution in [0, 0.1) is 0 Å². The minimum atomic E-state index is -0.337. The highest BCUT2D eigenvalue weighted by Gasteiger charge is 2.38. The van der Waals surface area contributed by atoms with Crippen LogP contribution in [0.1, 0.15) is 85.0 Å². The van der Waals surface area contributed by atoms with Crippen LogP contribution in [-0.2, 0) is 9.53 Å². The van der Waals surface area contributed by atoms with E-state index in [1.54, 1.807) is 0 Å². The molecule has 0 aliphatic carbocycles. The zero-order chi connectivity index (χ0) is 15.3. The molecule has 0 amide bonds. The Morgan fingerprint density at radius 2 is 1.57 bits per heavy atom. The van der Waals surface area contributed by atoms with Crippen molar-refractivity contribution in [1.29, 1.82) is 0 Å². The summed E-state index contributed by atoms with van der Waals surface area (Å²) in [7, 11) is 0. The van der Waals surface area contributed by atoms with Crippen molar-refractivity contribution in [3.05, 3.63) is 0 Å². The van der Waals surface area contributed by atoms with Crippen LogP contribution in [0.5, 0.6) is 0 Å². The maximum atomic E-state index is 11.7. The van der Waals surface area contributed by atoms with Gasteiger partial charge in [0, 0.05) is 6.42 Å². The van der Waals surface area contributed by atoms with E-state index in [4.69, 9.17) is 4.74 Å². The molecule has 2 aliphatic heterocycles. The number of hydrogen-bond acceptors (Lipinski definition) is 2. The number of carbonyl (C=O) groups is 1. The molecule has 0 unspecified atom stereocenters. The molecule has 2 fully saturated rings. The number of unbranched alkanes of at least 4 members (excludes halogenated alkanes) is 2. The quantitative estimate of drug-likeness (QED) is 0.367. The minimum Gasteiger partial charge on any atom is -0.460 e. The number of hydrogen-bond donors (Lipinski definition) is 0. The number of carbonyl (C=O) groups excluding carboxylic acids is 1. The summed E-state index contributed by atoms with van der Waals surface area (Å²) in [4.78, 5) is 11.7. The van der Waals surface area contributed by atoms with E-state index < -0.39 is 0 Å². The molecule has 2 aliphatic rings. The third-order valence-electron chi connectivity index (χ3n) is 5.35. The van der Waals surface area contributed by atoms with Gasteiger partial charge in [-0.15, -0.1) is 0 Å². The van der Waals surface area contributed by atoms with E-state index in [0.717, 1.165) is 24.8 Å². The Labute approximate surface area is 131 Å². The first-order valence-electron chi connectivity index (χ1n) is 9.17. The lowest BCUT2D eigenvalue weighted by molar-refractivity contribution is -0.154. The second kappa shape index (κ2) is 7.69. The van der Waals surface area contributed by atoms with Gasteiger partial charge in [0.15, 0.2) is 0 Å². The molecule has 2 bridgehead atoms. The molecular weight excluding hydrogens is 259 g/mol. The number of rotatable bonds is 6. The molecule has 2 heterocycles. The normalized spacial score (nSPS) is 25.8. The molecule has 2 rings (SSSR count). The number of fused-ring (bicyclic) bond motifs is 2. The molecule has 0 radical (unpaired) electrons. The second-order valence-electron chi connectivity index (χ2n) is 8.23. The van der Waals surface area contributed by atoms with Gasteiger partial charge in [-0.3, -0.25) is 4.79 Å². The smallest absolute Gasteiger partial charge is 0.306 e. The lowest BCUT2D eigenvalue weighted by atomic mass is 9.26. The van der Waals surface area contributed by atoms with Crippen LogP contribution in [0.3, 0.4) is 0 Å². The molecule has 2 saturated heterocycles. The van der Waals surface area contributed by atoms with Crippen LogP contribution in [0.2, 0.25) is 18.0 Å². The zero-order valence-corrected chi connectivity index (χ0v) is 14.3. The van der Waals surface area contributed by atoms with Gasteiger partial charge >= 0.3 is 5.97 Å². The SMILES string of the molecule is CC(C)(C)OC(=O)CCCCCB1C2CCCC1CCC2. The molecule has 0 N–H and O–H groups in total. The zero-order valence-electron chi connectivity index (χ0n) is 14.3. The van der Waals surface area contributed by atoms with E-state index in [9.17, 15) is 4.79 Å². The fourth-order valence-corrected chi connectivity index (χ4v) is 4.50. The molecule has 2 nitrogen and oxygen atoms in total. The molecule has 0 aromatic carbocycles. The van der Waals surface area contributed by atoms with Crippen LogP contribution in [0.4, 0.5) is 0 Å². The molecule has 0 saturated carbocycles. The van der Waals surface area contributed by atoms with E-state index in [-0.39, 0.29) is 11.6 Å². The standard InChI is InChI=1S/C18H33BO2/c1-18(2,3)21-17(20)13-5-4-6-14-19-15-9-7-10-16(19)12-8-11-15/h15-16H,4-14H2,1-3H3. The summed E-state index contributed by atoms with van der Waals surface area (Å²) in [6.07, 6.45) is 14.4. The predicted octanol–water partition coefficient (Wildman–Crippen LogP) is 5.49. The van der Waals surface area contributed by atoms with E-state index in [2.05, 4.69) is 0 Å². The average molecular weight is 292 g/mol. The van der Waals surface area contributed by atoms with Crippen molar-refractivity contribution >= 4 is 12.7 Å². The topological polar surface area (TPSA) is 26.3 Å². The summed E-state index contributed by atoms with van der Waals surface area (Å²) in [6.45, 7) is 6.82. The molecule has 0 atom stereocenters. The van der Waals surface area contributed by atoms with Gasteiger partial charge in [0.05, 0.1) is 0 Å². The number of esters is 1. The summed E-state index contributed by atoms with van der Waals surface area (Å²) in [6, 6.07) is 0. The lowest BCUT2D eigenvalue weighted by Gasteiger charge is -2.40. The lowest BCUT2D eigenvalue weighted by Crippen LogP contribution is -2.34. The van der Waals surface area contributed by atoms with E-state index in [1.165, 1.54) is 57.7 Å². The van der Waals surface area contributed by atoms with Gasteiger partial charge in [-0.1, -0.05) is 69.3 Å². The first-order valence-corrected chi connectivity index (χ1v) is 9.17. The maximum Gasteiger partial charge on any atom is 0.306 e. The van der Waals surface area contributed by atoms with Crippen molar-refractivity contribution in [2.45, 2.75) is 109 Å². The predicted molar refractivity (Wildman–Crippen MR) is 90.1 cm³/mol. The Kier molecular flexibility index (Phi) is 6.19. The Hall–Kier alpha value is -0.465. The molecule has 0 spiro atoms. The summed E-state index contributed by atoms with van der Waals surface area (Å²) >= 11 is 0. The summed E-state index contributed by atoms with van der Waals surface area (Å²) in [5.41, 5.74) is -0.337. The molecule has 0 aromatic heterocycles. The Morgan fingerprint density at radius 3 is 2.10 bits per heavy atom. The van der Waals surface area contributed by atoms with Crippen molar-refractivity contribution < 1.29 is 9.53 Å². The van der Waals surface area contributed by atoms with Crippen LogP contribution < -0.4 is 0 Å². The number of ether oxygens (including phenoxy) is 1. The monoisotopic (exact) mass is 292 g/mol. The fourth-order valence-electron chi connectivity index (χ4n) is 4.50. The molecular formula is C18H33BO2. The highest BCUT2D eigenvalue weighted by atomic mass is 16.6. The highest BCUT2D eigenvalue weighted by Crippen LogP contribution is 2.48. The van der Waals surface area contributed by atoms with Gasteiger partial charge in [0.25, 0.3) is 0 Å². The summed E-state index contributed by atoms with van der Waals surface area (Å²) in [5.74, 6) is 2.03. The third kappa shape index (κ3) is 5.67. The Bertz CT molecular complexity index is 313. The first-order chi connectivity index (χ1) is 9.96. The van der Waals surface area contributed by atoms with Crippen molar-refractivity contribution in [3.63, 3.8) is 0 Å². The highest BCUT2D eigenvalue weighted by molar-refractivity contribution is 6.62.